The molecule has 0 unspecified atom stereocenters. The summed E-state index contributed by atoms with van der Waals surface area (Å²) in [5.41, 5.74) is 0. The van der Waals surface area contributed by atoms with Crippen LogP contribution in [0.2, 0.25) is 0 Å². The van der Waals surface area contributed by atoms with Crippen LogP contribution in [0.15, 0.2) is 17.5 Å². The number of piperidine rings is 1. The van der Waals surface area contributed by atoms with Crippen molar-refractivity contribution in [1.29, 1.82) is 0 Å². The van der Waals surface area contributed by atoms with Crippen molar-refractivity contribution in [3.8, 4) is 0 Å². The molecule has 2 heterocycles. The summed E-state index contributed by atoms with van der Waals surface area (Å²) in [6.07, 6.45) is 3.07. The minimum Gasteiger partial charge on any atom is -0.307 e. The third-order valence-corrected chi connectivity index (χ3v) is 5.74. The Hall–Kier alpha value is -0.430. The number of hydrogen-bond donors (Lipinski definition) is 1. The minimum atomic E-state index is -3.01. The van der Waals surface area contributed by atoms with E-state index in [1.54, 1.807) is 15.6 Å². The smallest absolute Gasteiger partial charge is 0.211 e. The van der Waals surface area contributed by atoms with Crippen molar-refractivity contribution >= 4 is 21.4 Å². The van der Waals surface area contributed by atoms with E-state index in [1.807, 2.05) is 0 Å². The standard InChI is InChI=1S/C12H20N2O2S2/c1-10(12-4-3-9-17-12)13-11-5-7-14(8-6-11)18(2,15)16/h3-4,9-11,13H,5-8H2,1-2H3/t10-/m1/s1. The van der Waals surface area contributed by atoms with Crippen LogP contribution in [0.1, 0.15) is 30.7 Å². The highest BCUT2D eigenvalue weighted by atomic mass is 32.2. The summed E-state index contributed by atoms with van der Waals surface area (Å²) < 4.78 is 24.4. The maximum absolute atomic E-state index is 11.4. The fourth-order valence-electron chi connectivity index (χ4n) is 2.33. The van der Waals surface area contributed by atoms with E-state index in [2.05, 4.69) is 29.8 Å². The van der Waals surface area contributed by atoms with Crippen LogP contribution in [0.3, 0.4) is 0 Å². The van der Waals surface area contributed by atoms with Gasteiger partial charge < -0.3 is 5.32 Å². The van der Waals surface area contributed by atoms with Gasteiger partial charge in [0.05, 0.1) is 6.26 Å². The van der Waals surface area contributed by atoms with Crippen LogP contribution >= 0.6 is 11.3 Å². The zero-order chi connectivity index (χ0) is 13.2. The summed E-state index contributed by atoms with van der Waals surface area (Å²) in [7, 11) is -3.01. The average molecular weight is 288 g/mol. The monoisotopic (exact) mass is 288 g/mol. The van der Waals surface area contributed by atoms with E-state index in [-0.39, 0.29) is 0 Å². The van der Waals surface area contributed by atoms with Crippen molar-refractivity contribution in [2.45, 2.75) is 31.8 Å². The molecular weight excluding hydrogens is 268 g/mol. The topological polar surface area (TPSA) is 49.4 Å². The molecule has 0 aromatic carbocycles. The van der Waals surface area contributed by atoms with Gasteiger partial charge in [-0.15, -0.1) is 11.3 Å². The largest absolute Gasteiger partial charge is 0.307 e. The first-order valence-corrected chi connectivity index (χ1v) is 8.94. The van der Waals surface area contributed by atoms with E-state index in [4.69, 9.17) is 0 Å². The molecule has 0 amide bonds. The number of thiophene rings is 1. The molecule has 4 nitrogen and oxygen atoms in total. The molecule has 0 spiro atoms. The average Bonchev–Trinajstić information content (AvgIpc) is 2.82. The van der Waals surface area contributed by atoms with Crippen LogP contribution in [0, 0.1) is 0 Å². The molecule has 1 aromatic heterocycles. The van der Waals surface area contributed by atoms with Crippen molar-refractivity contribution in [3.05, 3.63) is 22.4 Å². The molecule has 0 aliphatic carbocycles. The Kier molecular flexibility index (Phi) is 4.42. The summed E-state index contributed by atoms with van der Waals surface area (Å²) in [4.78, 5) is 1.33. The Morgan fingerprint density at radius 2 is 2.11 bits per heavy atom. The molecule has 1 aliphatic rings. The molecule has 0 saturated carbocycles. The minimum absolute atomic E-state index is 0.347. The van der Waals surface area contributed by atoms with Crippen molar-refractivity contribution in [3.63, 3.8) is 0 Å². The van der Waals surface area contributed by atoms with Crippen molar-refractivity contribution < 1.29 is 8.42 Å². The van der Waals surface area contributed by atoms with Crippen LogP contribution in [0.5, 0.6) is 0 Å². The molecule has 0 radical (unpaired) electrons. The van der Waals surface area contributed by atoms with Gasteiger partial charge in [-0.2, -0.15) is 0 Å². The van der Waals surface area contributed by atoms with E-state index in [9.17, 15) is 8.42 Å². The number of rotatable bonds is 4. The van der Waals surface area contributed by atoms with Crippen molar-refractivity contribution in [2.24, 2.45) is 0 Å². The lowest BCUT2D eigenvalue weighted by Crippen LogP contribution is -2.45. The Labute approximate surface area is 113 Å². The molecule has 1 atom stereocenters. The van der Waals surface area contributed by atoms with E-state index in [0.717, 1.165) is 12.8 Å². The fraction of sp³-hybridized carbons (Fsp3) is 0.667. The first-order valence-electron chi connectivity index (χ1n) is 6.21. The molecule has 1 N–H and O–H groups in total. The highest BCUT2D eigenvalue weighted by Crippen LogP contribution is 2.21. The quantitative estimate of drug-likeness (QED) is 0.919. The number of nitrogens with zero attached hydrogens (tertiary/aromatic N) is 1. The van der Waals surface area contributed by atoms with Crippen LogP contribution in [0.4, 0.5) is 0 Å². The molecule has 1 aromatic rings. The Balaban J connectivity index is 1.84. The maximum Gasteiger partial charge on any atom is 0.211 e. The van der Waals surface area contributed by atoms with Crippen molar-refractivity contribution in [2.75, 3.05) is 19.3 Å². The fourth-order valence-corrected chi connectivity index (χ4v) is 3.95. The van der Waals surface area contributed by atoms with E-state index in [1.165, 1.54) is 11.1 Å². The third-order valence-electron chi connectivity index (χ3n) is 3.38. The van der Waals surface area contributed by atoms with Gasteiger partial charge in [0.2, 0.25) is 10.0 Å². The van der Waals surface area contributed by atoms with Gasteiger partial charge in [0.15, 0.2) is 0 Å². The van der Waals surface area contributed by atoms with E-state index in [0.29, 0.717) is 25.2 Å². The van der Waals surface area contributed by atoms with Crippen molar-refractivity contribution in [1.82, 2.24) is 9.62 Å². The molecule has 102 valence electrons. The number of sulfonamides is 1. The second-order valence-electron chi connectivity index (χ2n) is 4.84. The van der Waals surface area contributed by atoms with Gasteiger partial charge in [-0.3, -0.25) is 0 Å². The lowest BCUT2D eigenvalue weighted by atomic mass is 10.1. The van der Waals surface area contributed by atoms with Crippen LogP contribution < -0.4 is 5.32 Å². The lowest BCUT2D eigenvalue weighted by Gasteiger charge is -2.32. The van der Waals surface area contributed by atoms with Crippen LogP contribution in [-0.2, 0) is 10.0 Å². The summed E-state index contributed by atoms with van der Waals surface area (Å²) in [6, 6.07) is 4.96. The molecule has 1 aliphatic heterocycles. The molecular formula is C12H20N2O2S2. The van der Waals surface area contributed by atoms with E-state index < -0.39 is 10.0 Å². The molecule has 18 heavy (non-hydrogen) atoms. The van der Waals surface area contributed by atoms with Gasteiger partial charge >= 0.3 is 0 Å². The maximum atomic E-state index is 11.4. The van der Waals surface area contributed by atoms with Gasteiger partial charge in [0, 0.05) is 30.1 Å². The van der Waals surface area contributed by atoms with Crippen LogP contribution in [-0.4, -0.2) is 38.1 Å². The molecule has 1 fully saturated rings. The molecule has 1 saturated heterocycles. The second-order valence-corrected chi connectivity index (χ2v) is 7.80. The normalized spacial score (nSPS) is 21.0. The van der Waals surface area contributed by atoms with Gasteiger partial charge in [0.1, 0.15) is 0 Å². The van der Waals surface area contributed by atoms with Gasteiger partial charge in [-0.25, -0.2) is 12.7 Å². The summed E-state index contributed by atoms with van der Waals surface area (Å²) in [5, 5.41) is 5.67. The Morgan fingerprint density at radius 3 is 2.61 bits per heavy atom. The SMILES string of the molecule is C[C@@H](NC1CCN(S(C)(=O)=O)CC1)c1cccs1. The first-order chi connectivity index (χ1) is 8.47. The third kappa shape index (κ3) is 3.54. The zero-order valence-electron chi connectivity index (χ0n) is 10.8. The second kappa shape index (κ2) is 5.69. The molecule has 2 rings (SSSR count). The highest BCUT2D eigenvalue weighted by Gasteiger charge is 2.25. The number of nitrogens with one attached hydrogen (secondary N) is 1. The predicted octanol–water partition coefficient (Wildman–Crippen LogP) is 1.82. The lowest BCUT2D eigenvalue weighted by molar-refractivity contribution is 0.279. The van der Waals surface area contributed by atoms with E-state index >= 15 is 0 Å². The number of hydrogen-bond acceptors (Lipinski definition) is 4. The van der Waals surface area contributed by atoms with Gasteiger partial charge in [-0.05, 0) is 31.2 Å². The molecule has 6 heteroatoms. The summed E-state index contributed by atoms with van der Waals surface area (Å²) in [5.74, 6) is 0. The van der Waals surface area contributed by atoms with Gasteiger partial charge in [-0.1, -0.05) is 6.07 Å². The van der Waals surface area contributed by atoms with Gasteiger partial charge in [0.25, 0.3) is 0 Å². The predicted molar refractivity (Wildman–Crippen MR) is 75.3 cm³/mol. The zero-order valence-corrected chi connectivity index (χ0v) is 12.4. The Morgan fingerprint density at radius 1 is 1.44 bits per heavy atom. The Bertz CT molecular complexity index is 462. The summed E-state index contributed by atoms with van der Waals surface area (Å²) in [6.45, 7) is 3.43. The summed E-state index contributed by atoms with van der Waals surface area (Å²) >= 11 is 1.76. The molecule has 0 bridgehead atoms. The highest BCUT2D eigenvalue weighted by molar-refractivity contribution is 7.88. The first kappa shape index (κ1) is 14.0. The van der Waals surface area contributed by atoms with Crippen LogP contribution in [0.25, 0.3) is 0 Å².